The molecule has 6 heteroatoms. The number of aryl methyl sites for hydroxylation is 1. The molecule has 1 heterocycles. The van der Waals surface area contributed by atoms with E-state index in [9.17, 15) is 4.79 Å². The third-order valence-electron chi connectivity index (χ3n) is 2.59. The van der Waals surface area contributed by atoms with Gasteiger partial charge in [0.05, 0.1) is 22.6 Å². The monoisotopic (exact) mass is 307 g/mol. The molecule has 2 rings (SSSR count). The Bertz CT molecular complexity index is 610. The summed E-state index contributed by atoms with van der Waals surface area (Å²) in [6, 6.07) is 5.72. The molecule has 4 nitrogen and oxygen atoms in total. The van der Waals surface area contributed by atoms with E-state index in [0.717, 1.165) is 22.1 Å². The number of nitrogens with one attached hydrogen (secondary N) is 1. The molecule has 0 saturated heterocycles. The minimum Gasteiger partial charge on any atom is -0.397 e. The van der Waals surface area contributed by atoms with Crippen molar-refractivity contribution < 1.29 is 4.79 Å². The summed E-state index contributed by atoms with van der Waals surface area (Å²) >= 11 is 3.12. The van der Waals surface area contributed by atoms with E-state index in [2.05, 4.69) is 17.2 Å². The van der Waals surface area contributed by atoms with Crippen molar-refractivity contribution >= 4 is 40.4 Å². The number of thiazole rings is 1. The Balaban J connectivity index is 2.13. The van der Waals surface area contributed by atoms with Crippen molar-refractivity contribution in [1.82, 2.24) is 4.98 Å². The van der Waals surface area contributed by atoms with Crippen LogP contribution in [-0.4, -0.2) is 16.6 Å². The lowest BCUT2D eigenvalue weighted by Crippen LogP contribution is -2.11. The fraction of sp³-hybridized carbons (Fsp3) is 0.286. The second-order valence-electron chi connectivity index (χ2n) is 4.30. The summed E-state index contributed by atoms with van der Waals surface area (Å²) in [6.07, 6.45) is 2.69. The van der Waals surface area contributed by atoms with E-state index in [4.69, 9.17) is 5.73 Å². The Morgan fingerprint density at radius 3 is 2.95 bits per heavy atom. The van der Waals surface area contributed by atoms with Crippen LogP contribution in [0.5, 0.6) is 0 Å². The average Bonchev–Trinajstić information content (AvgIpc) is 2.86. The topological polar surface area (TPSA) is 68.0 Å². The molecule has 1 aromatic heterocycles. The second kappa shape index (κ2) is 6.76. The van der Waals surface area contributed by atoms with Gasteiger partial charge in [0.15, 0.2) is 0 Å². The largest absolute Gasteiger partial charge is 0.397 e. The van der Waals surface area contributed by atoms with Crippen molar-refractivity contribution in [3.63, 3.8) is 0 Å². The number of benzene rings is 1. The number of hydrogen-bond donors (Lipinski definition) is 2. The third-order valence-corrected chi connectivity index (χ3v) is 4.70. The van der Waals surface area contributed by atoms with Crippen LogP contribution in [0.3, 0.4) is 0 Å². The first-order valence-electron chi connectivity index (χ1n) is 6.36. The van der Waals surface area contributed by atoms with Crippen LogP contribution in [0, 0.1) is 6.92 Å². The highest BCUT2D eigenvalue weighted by molar-refractivity contribution is 7.99. The lowest BCUT2D eigenvalue weighted by molar-refractivity contribution is 0.103. The lowest BCUT2D eigenvalue weighted by atomic mass is 10.2. The maximum absolute atomic E-state index is 12.1. The Hall–Kier alpha value is -1.53. The van der Waals surface area contributed by atoms with Gasteiger partial charge in [0.2, 0.25) is 0 Å². The molecule has 0 spiro atoms. The van der Waals surface area contributed by atoms with Crippen molar-refractivity contribution in [2.24, 2.45) is 0 Å². The van der Waals surface area contributed by atoms with Gasteiger partial charge in [0, 0.05) is 4.90 Å². The quantitative estimate of drug-likeness (QED) is 0.651. The lowest BCUT2D eigenvalue weighted by Gasteiger charge is -2.09. The van der Waals surface area contributed by atoms with Crippen LogP contribution >= 0.6 is 23.1 Å². The number of carbonyl (C=O) groups is 1. The molecule has 3 N–H and O–H groups in total. The maximum Gasteiger partial charge on any atom is 0.267 e. The summed E-state index contributed by atoms with van der Waals surface area (Å²) in [5.41, 5.74) is 7.14. The van der Waals surface area contributed by atoms with Crippen LogP contribution in [0.25, 0.3) is 0 Å². The molecule has 0 aliphatic rings. The third kappa shape index (κ3) is 3.74. The van der Waals surface area contributed by atoms with Gasteiger partial charge < -0.3 is 11.1 Å². The number of thioether (sulfide) groups is 1. The van der Waals surface area contributed by atoms with E-state index in [0.29, 0.717) is 16.3 Å². The van der Waals surface area contributed by atoms with E-state index in [-0.39, 0.29) is 5.91 Å². The molecule has 0 bridgehead atoms. The minimum atomic E-state index is -0.167. The van der Waals surface area contributed by atoms with Crippen LogP contribution < -0.4 is 11.1 Å². The Morgan fingerprint density at radius 2 is 2.30 bits per heavy atom. The molecule has 0 saturated carbocycles. The maximum atomic E-state index is 12.1. The average molecular weight is 307 g/mol. The van der Waals surface area contributed by atoms with E-state index in [1.807, 2.05) is 25.1 Å². The molecule has 0 radical (unpaired) electrons. The van der Waals surface area contributed by atoms with Crippen molar-refractivity contribution in [1.29, 1.82) is 0 Å². The zero-order chi connectivity index (χ0) is 14.5. The number of nitrogens with zero attached hydrogens (tertiary/aromatic N) is 1. The number of carbonyl (C=O) groups excluding carboxylic acids is 1. The molecule has 0 aliphatic heterocycles. The molecule has 1 aromatic carbocycles. The van der Waals surface area contributed by atoms with Gasteiger partial charge in [-0.3, -0.25) is 4.79 Å². The van der Waals surface area contributed by atoms with Gasteiger partial charge in [-0.25, -0.2) is 4.98 Å². The van der Waals surface area contributed by atoms with Gasteiger partial charge in [-0.15, -0.1) is 23.1 Å². The zero-order valence-electron chi connectivity index (χ0n) is 11.5. The number of anilines is 2. The number of nitrogen functional groups attached to an aromatic ring is 1. The predicted molar refractivity (Wildman–Crippen MR) is 86.7 cm³/mol. The summed E-state index contributed by atoms with van der Waals surface area (Å²) in [7, 11) is 0. The highest BCUT2D eigenvalue weighted by Crippen LogP contribution is 2.27. The molecule has 0 atom stereocenters. The summed E-state index contributed by atoms with van der Waals surface area (Å²) < 4.78 is 0. The summed E-state index contributed by atoms with van der Waals surface area (Å²) in [5, 5.41) is 3.72. The van der Waals surface area contributed by atoms with Crippen molar-refractivity contribution in [2.45, 2.75) is 25.2 Å². The number of amides is 1. The number of rotatable bonds is 5. The van der Waals surface area contributed by atoms with Gasteiger partial charge in [0.25, 0.3) is 5.91 Å². The first-order valence-corrected chi connectivity index (χ1v) is 8.16. The van der Waals surface area contributed by atoms with E-state index in [1.165, 1.54) is 11.3 Å². The molecule has 2 aromatic rings. The summed E-state index contributed by atoms with van der Waals surface area (Å²) in [5.74, 6) is 0.880. The molecule has 0 aliphatic carbocycles. The van der Waals surface area contributed by atoms with Crippen LogP contribution in [0.15, 0.2) is 29.3 Å². The zero-order valence-corrected chi connectivity index (χ0v) is 13.1. The van der Waals surface area contributed by atoms with Crippen LogP contribution in [0.1, 0.15) is 28.0 Å². The molecular formula is C14H17N3OS2. The van der Waals surface area contributed by atoms with Gasteiger partial charge >= 0.3 is 0 Å². The number of nitrogens with two attached hydrogens (primary N) is 1. The molecular weight excluding hydrogens is 290 g/mol. The molecule has 1 amide bonds. The van der Waals surface area contributed by atoms with Gasteiger partial charge in [-0.1, -0.05) is 6.92 Å². The smallest absolute Gasteiger partial charge is 0.267 e. The van der Waals surface area contributed by atoms with E-state index in [1.54, 1.807) is 18.0 Å². The normalized spacial score (nSPS) is 10.5. The van der Waals surface area contributed by atoms with Crippen molar-refractivity contribution in [3.05, 3.63) is 34.3 Å². The fourth-order valence-electron chi connectivity index (χ4n) is 1.60. The van der Waals surface area contributed by atoms with Crippen LogP contribution in [-0.2, 0) is 0 Å². The highest BCUT2D eigenvalue weighted by atomic mass is 32.2. The number of hydrogen-bond acceptors (Lipinski definition) is 5. The SMILES string of the molecule is CCCSc1ccc(N)c(NC(=O)c2cnc(C)s2)c1. The second-order valence-corrected chi connectivity index (χ2v) is 6.70. The van der Waals surface area contributed by atoms with E-state index >= 15 is 0 Å². The molecule has 20 heavy (non-hydrogen) atoms. The van der Waals surface area contributed by atoms with Gasteiger partial charge in [-0.2, -0.15) is 0 Å². The fourth-order valence-corrected chi connectivity index (χ4v) is 3.08. The Morgan fingerprint density at radius 1 is 1.50 bits per heavy atom. The van der Waals surface area contributed by atoms with Crippen LogP contribution in [0.4, 0.5) is 11.4 Å². The summed E-state index contributed by atoms with van der Waals surface area (Å²) in [6.45, 7) is 4.01. The van der Waals surface area contributed by atoms with Crippen LogP contribution in [0.2, 0.25) is 0 Å². The molecule has 0 unspecified atom stereocenters. The summed E-state index contributed by atoms with van der Waals surface area (Å²) in [4.78, 5) is 17.9. The minimum absolute atomic E-state index is 0.167. The Kier molecular flexibility index (Phi) is 5.03. The van der Waals surface area contributed by atoms with Gasteiger partial charge in [-0.05, 0) is 37.3 Å². The molecule has 0 fully saturated rings. The standard InChI is InChI=1S/C14H17N3OS2/c1-3-6-19-10-4-5-11(15)12(7-10)17-14(18)13-8-16-9(2)20-13/h4-5,7-8H,3,6,15H2,1-2H3,(H,17,18). The predicted octanol–water partition coefficient (Wildman–Crippen LogP) is 3.79. The van der Waals surface area contributed by atoms with E-state index < -0.39 is 0 Å². The van der Waals surface area contributed by atoms with Crippen molar-refractivity contribution in [2.75, 3.05) is 16.8 Å². The Labute approximate surface area is 126 Å². The molecule has 106 valence electrons. The van der Waals surface area contributed by atoms with Gasteiger partial charge in [0.1, 0.15) is 4.88 Å². The first-order chi connectivity index (χ1) is 9.60. The first kappa shape index (κ1) is 14.9. The number of aromatic nitrogens is 1. The highest BCUT2D eigenvalue weighted by Gasteiger charge is 2.11. The van der Waals surface area contributed by atoms with Crippen molar-refractivity contribution in [3.8, 4) is 0 Å².